The van der Waals surface area contributed by atoms with Crippen LogP contribution in [0.15, 0.2) is 41.7 Å². The van der Waals surface area contributed by atoms with Crippen molar-refractivity contribution in [1.82, 2.24) is 0 Å². The van der Waals surface area contributed by atoms with Gasteiger partial charge in [0.2, 0.25) is 0 Å². The number of rotatable bonds is 4. The summed E-state index contributed by atoms with van der Waals surface area (Å²) < 4.78 is 0. The summed E-state index contributed by atoms with van der Waals surface area (Å²) in [4.78, 5) is 4.17. The number of nitrogens with two attached hydrogens (primary N) is 1. The van der Waals surface area contributed by atoms with E-state index in [-0.39, 0.29) is 0 Å². The average Bonchev–Trinajstić information content (AvgIpc) is 2.07. The van der Waals surface area contributed by atoms with E-state index < -0.39 is 0 Å². The highest BCUT2D eigenvalue weighted by molar-refractivity contribution is 5.93. The minimum absolute atomic E-state index is 0.894. The summed E-state index contributed by atoms with van der Waals surface area (Å²) >= 11 is 0. The van der Waals surface area contributed by atoms with Gasteiger partial charge in [0, 0.05) is 11.9 Å². The molecule has 0 atom stereocenters. The molecule has 2 N–H and O–H groups in total. The molecule has 0 aromatic carbocycles. The smallest absolute Gasteiger partial charge is 0.0387 e. The largest absolute Gasteiger partial charge is 0.405 e. The lowest BCUT2D eigenvalue weighted by atomic mass is 10.2. The molecule has 2 nitrogen and oxygen atoms in total. The third-order valence-electron chi connectivity index (χ3n) is 1.44. The van der Waals surface area contributed by atoms with Crippen LogP contribution >= 0.6 is 0 Å². The molecular weight excluding hydrogens is 148 g/mol. The first-order chi connectivity index (χ1) is 5.74. The van der Waals surface area contributed by atoms with E-state index >= 15 is 0 Å². The molecule has 66 valence electrons. The summed E-state index contributed by atoms with van der Waals surface area (Å²) in [5, 5.41) is 0. The van der Waals surface area contributed by atoms with Gasteiger partial charge in [0.25, 0.3) is 0 Å². The van der Waals surface area contributed by atoms with E-state index in [0.717, 1.165) is 17.7 Å². The summed E-state index contributed by atoms with van der Waals surface area (Å²) in [6.45, 7) is 7.64. The number of hydrogen-bond acceptors (Lipinski definition) is 2. The third kappa shape index (κ3) is 4.50. The SMILES string of the molecule is C=C\C(=C/N=C(C)/C=C\N)CC. The number of nitrogens with zero attached hydrogens (tertiary/aromatic N) is 1. The van der Waals surface area contributed by atoms with Gasteiger partial charge < -0.3 is 5.73 Å². The molecule has 0 saturated heterocycles. The molecule has 0 aliphatic rings. The second kappa shape index (κ2) is 6.40. The highest BCUT2D eigenvalue weighted by Gasteiger charge is 1.84. The van der Waals surface area contributed by atoms with Crippen molar-refractivity contribution in [3.63, 3.8) is 0 Å². The Morgan fingerprint density at radius 3 is 2.67 bits per heavy atom. The van der Waals surface area contributed by atoms with Crippen molar-refractivity contribution >= 4 is 5.71 Å². The number of allylic oxidation sites excluding steroid dienone is 3. The maximum absolute atomic E-state index is 5.20. The van der Waals surface area contributed by atoms with E-state index in [1.54, 1.807) is 6.08 Å². The molecule has 0 aromatic rings. The molecule has 0 aliphatic carbocycles. The maximum atomic E-state index is 5.20. The van der Waals surface area contributed by atoms with Gasteiger partial charge in [-0.2, -0.15) is 0 Å². The van der Waals surface area contributed by atoms with Crippen molar-refractivity contribution < 1.29 is 0 Å². The Morgan fingerprint density at radius 2 is 2.25 bits per heavy atom. The van der Waals surface area contributed by atoms with Crippen molar-refractivity contribution in [2.75, 3.05) is 0 Å². The fourth-order valence-corrected chi connectivity index (χ4v) is 0.655. The Balaban J connectivity index is 4.33. The van der Waals surface area contributed by atoms with Crippen LogP contribution in [0.25, 0.3) is 0 Å². The molecule has 0 unspecified atom stereocenters. The Bertz CT molecular complexity index is 222. The average molecular weight is 164 g/mol. The van der Waals surface area contributed by atoms with Crippen molar-refractivity contribution in [3.05, 3.63) is 36.7 Å². The van der Waals surface area contributed by atoms with E-state index in [1.807, 2.05) is 19.2 Å². The van der Waals surface area contributed by atoms with Gasteiger partial charge in [-0.15, -0.1) is 0 Å². The molecule has 0 heterocycles. The Kier molecular flexibility index (Phi) is 5.70. The molecule has 0 saturated carbocycles. The normalized spacial score (nSPS) is 13.8. The minimum atomic E-state index is 0.894. The Morgan fingerprint density at radius 1 is 1.58 bits per heavy atom. The monoisotopic (exact) mass is 164 g/mol. The second-order valence-electron chi connectivity index (χ2n) is 2.39. The van der Waals surface area contributed by atoms with Crippen LogP contribution in [0.1, 0.15) is 20.3 Å². The van der Waals surface area contributed by atoms with Gasteiger partial charge in [0.1, 0.15) is 0 Å². The summed E-state index contributed by atoms with van der Waals surface area (Å²) in [5.41, 5.74) is 7.22. The van der Waals surface area contributed by atoms with Gasteiger partial charge in [-0.1, -0.05) is 19.6 Å². The van der Waals surface area contributed by atoms with Crippen molar-refractivity contribution in [2.45, 2.75) is 20.3 Å². The van der Waals surface area contributed by atoms with Gasteiger partial charge in [-0.25, -0.2) is 0 Å². The molecular formula is C10H16N2. The van der Waals surface area contributed by atoms with Gasteiger partial charge in [0.05, 0.1) is 0 Å². The Hall–Kier alpha value is -1.31. The van der Waals surface area contributed by atoms with Crippen LogP contribution in [0.2, 0.25) is 0 Å². The fraction of sp³-hybridized carbons (Fsp3) is 0.300. The Labute approximate surface area is 74.2 Å². The van der Waals surface area contributed by atoms with E-state index in [0.29, 0.717) is 0 Å². The molecule has 0 fully saturated rings. The van der Waals surface area contributed by atoms with Crippen LogP contribution in [-0.4, -0.2) is 5.71 Å². The first-order valence-electron chi connectivity index (χ1n) is 3.98. The summed E-state index contributed by atoms with van der Waals surface area (Å²) in [5.74, 6) is 0. The molecule has 0 bridgehead atoms. The van der Waals surface area contributed by atoms with Gasteiger partial charge in [0.15, 0.2) is 0 Å². The van der Waals surface area contributed by atoms with Crippen molar-refractivity contribution in [3.8, 4) is 0 Å². The third-order valence-corrected chi connectivity index (χ3v) is 1.44. The molecule has 0 aliphatic heterocycles. The van der Waals surface area contributed by atoms with E-state index in [4.69, 9.17) is 5.73 Å². The maximum Gasteiger partial charge on any atom is 0.0387 e. The highest BCUT2D eigenvalue weighted by Crippen LogP contribution is 2.01. The highest BCUT2D eigenvalue weighted by atomic mass is 14.7. The van der Waals surface area contributed by atoms with Crippen LogP contribution in [0.4, 0.5) is 0 Å². The topological polar surface area (TPSA) is 38.4 Å². The molecule has 2 heteroatoms. The summed E-state index contributed by atoms with van der Waals surface area (Å²) in [6.07, 6.45) is 7.80. The van der Waals surface area contributed by atoms with Crippen molar-refractivity contribution in [2.24, 2.45) is 10.7 Å². The zero-order valence-electron chi connectivity index (χ0n) is 7.75. The molecule has 0 radical (unpaired) electrons. The lowest BCUT2D eigenvalue weighted by molar-refractivity contribution is 1.14. The standard InChI is InChI=1S/C10H16N2/c1-4-10(5-2)8-12-9(3)6-7-11/h4,6-8H,1,5,11H2,2-3H3/b7-6-,10-8+,12-9+. The van der Waals surface area contributed by atoms with E-state index in [1.165, 1.54) is 6.20 Å². The van der Waals surface area contributed by atoms with Gasteiger partial charge >= 0.3 is 0 Å². The minimum Gasteiger partial charge on any atom is -0.405 e. The lowest BCUT2D eigenvalue weighted by Crippen LogP contribution is -1.86. The zero-order chi connectivity index (χ0) is 9.40. The summed E-state index contributed by atoms with van der Waals surface area (Å²) in [6, 6.07) is 0. The lowest BCUT2D eigenvalue weighted by Gasteiger charge is -1.92. The molecule has 0 spiro atoms. The van der Waals surface area contributed by atoms with Gasteiger partial charge in [-0.3, -0.25) is 4.99 Å². The van der Waals surface area contributed by atoms with Crippen LogP contribution < -0.4 is 5.73 Å². The van der Waals surface area contributed by atoms with Crippen molar-refractivity contribution in [1.29, 1.82) is 0 Å². The van der Waals surface area contributed by atoms with Gasteiger partial charge in [-0.05, 0) is 31.2 Å². The van der Waals surface area contributed by atoms with Crippen LogP contribution in [0.3, 0.4) is 0 Å². The molecule has 0 aromatic heterocycles. The van der Waals surface area contributed by atoms with E-state index in [9.17, 15) is 0 Å². The predicted octanol–water partition coefficient (Wildman–Crippen LogP) is 2.40. The van der Waals surface area contributed by atoms with Crippen LogP contribution in [0, 0.1) is 0 Å². The first kappa shape index (κ1) is 10.7. The van der Waals surface area contributed by atoms with Crippen LogP contribution in [0.5, 0.6) is 0 Å². The number of hydrogen-bond donors (Lipinski definition) is 1. The number of aliphatic imine (C=N–C) groups is 1. The zero-order valence-corrected chi connectivity index (χ0v) is 7.75. The second-order valence-corrected chi connectivity index (χ2v) is 2.39. The quantitative estimate of drug-likeness (QED) is 0.503. The fourth-order valence-electron chi connectivity index (χ4n) is 0.655. The van der Waals surface area contributed by atoms with Crippen LogP contribution in [-0.2, 0) is 0 Å². The first-order valence-corrected chi connectivity index (χ1v) is 3.98. The molecule has 12 heavy (non-hydrogen) atoms. The predicted molar refractivity (Wildman–Crippen MR) is 55.0 cm³/mol. The summed E-state index contributed by atoms with van der Waals surface area (Å²) in [7, 11) is 0. The molecule has 0 rings (SSSR count). The molecule has 0 amide bonds. The van der Waals surface area contributed by atoms with E-state index in [2.05, 4.69) is 18.5 Å².